The van der Waals surface area contributed by atoms with Crippen LogP contribution in [0, 0.1) is 18.2 Å². The number of halogens is 1. The van der Waals surface area contributed by atoms with Gasteiger partial charge in [0.15, 0.2) is 5.16 Å². The maximum absolute atomic E-state index is 13.7. The summed E-state index contributed by atoms with van der Waals surface area (Å²) in [7, 11) is 0. The summed E-state index contributed by atoms with van der Waals surface area (Å²) in [6.45, 7) is 0.188. The van der Waals surface area contributed by atoms with Crippen molar-refractivity contribution in [2.75, 3.05) is 5.75 Å². The standard InChI is InChI=1S/C14H13FN2OS/c1-2-7-19-14-16-8-12(10-18)17(14)9-11-5-3-4-6-13(11)15/h1,3-6,8,18H,7,9-10H2. The number of hydrogen-bond donors (Lipinski definition) is 1. The Kier molecular flexibility index (Phi) is 4.61. The molecule has 19 heavy (non-hydrogen) atoms. The van der Waals surface area contributed by atoms with Gasteiger partial charge in [-0.3, -0.25) is 0 Å². The molecule has 1 N–H and O–H groups in total. The lowest BCUT2D eigenvalue weighted by molar-refractivity contribution is 0.270. The number of aliphatic hydroxyl groups is 1. The molecule has 1 heterocycles. The molecule has 0 radical (unpaired) electrons. The molecule has 0 saturated heterocycles. The first kappa shape index (κ1) is 13.7. The molecular formula is C14H13FN2OS. The van der Waals surface area contributed by atoms with E-state index in [1.807, 2.05) is 0 Å². The number of benzene rings is 1. The van der Waals surface area contributed by atoms with Gasteiger partial charge in [-0.1, -0.05) is 35.9 Å². The van der Waals surface area contributed by atoms with Crippen molar-refractivity contribution in [3.8, 4) is 12.3 Å². The Hall–Kier alpha value is -1.77. The zero-order valence-corrected chi connectivity index (χ0v) is 11.0. The van der Waals surface area contributed by atoms with Crippen LogP contribution in [-0.2, 0) is 13.2 Å². The first-order valence-corrected chi connectivity index (χ1v) is 6.69. The number of nitrogens with zero attached hydrogens (tertiary/aromatic N) is 2. The molecule has 0 unspecified atom stereocenters. The summed E-state index contributed by atoms with van der Waals surface area (Å²) in [5.74, 6) is 2.73. The highest BCUT2D eigenvalue weighted by atomic mass is 32.2. The Morgan fingerprint density at radius 3 is 2.89 bits per heavy atom. The fraction of sp³-hybridized carbons (Fsp3) is 0.214. The molecule has 0 spiro atoms. The molecule has 0 amide bonds. The van der Waals surface area contributed by atoms with Gasteiger partial charge in [0, 0.05) is 5.56 Å². The van der Waals surface area contributed by atoms with E-state index in [2.05, 4.69) is 10.9 Å². The van der Waals surface area contributed by atoms with Crippen LogP contribution in [0.1, 0.15) is 11.3 Å². The summed E-state index contributed by atoms with van der Waals surface area (Å²) in [4.78, 5) is 4.20. The Morgan fingerprint density at radius 2 is 2.21 bits per heavy atom. The largest absolute Gasteiger partial charge is 0.390 e. The smallest absolute Gasteiger partial charge is 0.169 e. The molecule has 1 aromatic carbocycles. The second kappa shape index (κ2) is 6.41. The maximum atomic E-state index is 13.7. The van der Waals surface area contributed by atoms with Crippen molar-refractivity contribution in [2.24, 2.45) is 0 Å². The summed E-state index contributed by atoms with van der Waals surface area (Å²) in [5.41, 5.74) is 1.19. The summed E-state index contributed by atoms with van der Waals surface area (Å²) in [6.07, 6.45) is 6.81. The van der Waals surface area contributed by atoms with Gasteiger partial charge >= 0.3 is 0 Å². The lowest BCUT2D eigenvalue weighted by Gasteiger charge is -2.10. The van der Waals surface area contributed by atoms with Crippen molar-refractivity contribution < 1.29 is 9.50 Å². The highest BCUT2D eigenvalue weighted by Crippen LogP contribution is 2.20. The van der Waals surface area contributed by atoms with E-state index < -0.39 is 0 Å². The average Bonchev–Trinajstić information content (AvgIpc) is 2.81. The van der Waals surface area contributed by atoms with E-state index >= 15 is 0 Å². The van der Waals surface area contributed by atoms with E-state index in [1.165, 1.54) is 17.8 Å². The molecule has 2 aromatic rings. The van der Waals surface area contributed by atoms with Crippen molar-refractivity contribution >= 4 is 11.8 Å². The Balaban J connectivity index is 2.30. The minimum absolute atomic E-state index is 0.141. The summed E-state index contributed by atoms with van der Waals surface area (Å²) >= 11 is 1.39. The van der Waals surface area contributed by atoms with E-state index in [0.29, 0.717) is 28.7 Å². The fourth-order valence-electron chi connectivity index (χ4n) is 1.71. The van der Waals surface area contributed by atoms with Crippen LogP contribution in [0.3, 0.4) is 0 Å². The van der Waals surface area contributed by atoms with E-state index in [-0.39, 0.29) is 12.4 Å². The SMILES string of the molecule is C#CCSc1ncc(CO)n1Cc1ccccc1F. The van der Waals surface area contributed by atoms with Crippen LogP contribution < -0.4 is 0 Å². The maximum Gasteiger partial charge on any atom is 0.169 e. The van der Waals surface area contributed by atoms with E-state index in [1.54, 1.807) is 29.0 Å². The summed E-state index contributed by atoms with van der Waals surface area (Å²) in [5, 5.41) is 9.99. The zero-order valence-electron chi connectivity index (χ0n) is 10.2. The van der Waals surface area contributed by atoms with Crippen LogP contribution in [0.25, 0.3) is 0 Å². The van der Waals surface area contributed by atoms with Crippen LogP contribution in [0.4, 0.5) is 4.39 Å². The minimum atomic E-state index is -0.270. The minimum Gasteiger partial charge on any atom is -0.390 e. The third-order valence-corrected chi connectivity index (χ3v) is 3.53. The van der Waals surface area contributed by atoms with E-state index in [0.717, 1.165) is 0 Å². The number of imidazole rings is 1. The van der Waals surface area contributed by atoms with Crippen LogP contribution >= 0.6 is 11.8 Å². The summed E-state index contributed by atoms with van der Waals surface area (Å²) < 4.78 is 15.4. The van der Waals surface area contributed by atoms with Crippen LogP contribution in [0.15, 0.2) is 35.6 Å². The van der Waals surface area contributed by atoms with Gasteiger partial charge in [-0.2, -0.15) is 0 Å². The Labute approximate surface area is 115 Å². The molecular weight excluding hydrogens is 263 g/mol. The van der Waals surface area contributed by atoms with Crippen molar-refractivity contribution in [3.63, 3.8) is 0 Å². The number of hydrogen-bond acceptors (Lipinski definition) is 3. The van der Waals surface area contributed by atoms with Gasteiger partial charge in [0.2, 0.25) is 0 Å². The second-order valence-electron chi connectivity index (χ2n) is 3.86. The van der Waals surface area contributed by atoms with Crippen molar-refractivity contribution in [1.82, 2.24) is 9.55 Å². The monoisotopic (exact) mass is 276 g/mol. The number of aromatic nitrogens is 2. The molecule has 0 bridgehead atoms. The first-order chi connectivity index (χ1) is 9.26. The van der Waals surface area contributed by atoms with Gasteiger partial charge in [0.25, 0.3) is 0 Å². The van der Waals surface area contributed by atoms with Gasteiger partial charge in [0.1, 0.15) is 5.82 Å². The van der Waals surface area contributed by atoms with Crippen molar-refractivity contribution in [2.45, 2.75) is 18.3 Å². The van der Waals surface area contributed by atoms with Crippen LogP contribution in [0.2, 0.25) is 0 Å². The van der Waals surface area contributed by atoms with Crippen molar-refractivity contribution in [3.05, 3.63) is 47.5 Å². The molecule has 1 aromatic heterocycles. The quantitative estimate of drug-likeness (QED) is 0.672. The number of terminal acetylenes is 1. The molecule has 3 nitrogen and oxygen atoms in total. The van der Waals surface area contributed by atoms with E-state index in [9.17, 15) is 9.50 Å². The average molecular weight is 276 g/mol. The topological polar surface area (TPSA) is 38.1 Å². The van der Waals surface area contributed by atoms with Gasteiger partial charge in [-0.15, -0.1) is 6.42 Å². The zero-order chi connectivity index (χ0) is 13.7. The van der Waals surface area contributed by atoms with Crippen molar-refractivity contribution in [1.29, 1.82) is 0 Å². The van der Waals surface area contributed by atoms with Crippen LogP contribution in [0.5, 0.6) is 0 Å². The molecule has 0 atom stereocenters. The lowest BCUT2D eigenvalue weighted by atomic mass is 10.2. The predicted molar refractivity (Wildman–Crippen MR) is 73.2 cm³/mol. The lowest BCUT2D eigenvalue weighted by Crippen LogP contribution is -2.07. The third kappa shape index (κ3) is 3.16. The highest BCUT2D eigenvalue weighted by Gasteiger charge is 2.11. The Morgan fingerprint density at radius 1 is 1.42 bits per heavy atom. The number of rotatable bonds is 5. The summed E-state index contributed by atoms with van der Waals surface area (Å²) in [6, 6.07) is 6.56. The molecule has 0 aliphatic rings. The molecule has 0 fully saturated rings. The fourth-order valence-corrected chi connectivity index (χ4v) is 2.38. The number of thioether (sulfide) groups is 1. The molecule has 2 rings (SSSR count). The third-order valence-electron chi connectivity index (χ3n) is 2.63. The first-order valence-electron chi connectivity index (χ1n) is 5.71. The Bertz CT molecular complexity index is 604. The predicted octanol–water partition coefficient (Wildman–Crippen LogP) is 2.29. The molecule has 0 aliphatic heterocycles. The van der Waals surface area contributed by atoms with Crippen LogP contribution in [-0.4, -0.2) is 20.4 Å². The van der Waals surface area contributed by atoms with E-state index in [4.69, 9.17) is 6.42 Å². The normalized spacial score (nSPS) is 10.4. The molecule has 0 saturated carbocycles. The molecule has 5 heteroatoms. The molecule has 98 valence electrons. The molecule has 0 aliphatic carbocycles. The number of aliphatic hydroxyl groups excluding tert-OH is 1. The van der Waals surface area contributed by atoms with Gasteiger partial charge in [0.05, 0.1) is 30.8 Å². The van der Waals surface area contributed by atoms with Gasteiger partial charge in [-0.25, -0.2) is 9.37 Å². The second-order valence-corrected chi connectivity index (χ2v) is 4.80. The highest BCUT2D eigenvalue weighted by molar-refractivity contribution is 7.99. The van der Waals surface area contributed by atoms with Gasteiger partial charge < -0.3 is 9.67 Å². The van der Waals surface area contributed by atoms with Gasteiger partial charge in [-0.05, 0) is 6.07 Å².